The van der Waals surface area contributed by atoms with E-state index in [0.717, 1.165) is 6.54 Å². The minimum atomic E-state index is -0.384. The number of aromatic nitrogens is 2. The lowest BCUT2D eigenvalue weighted by atomic mass is 9.88. The summed E-state index contributed by atoms with van der Waals surface area (Å²) in [5.74, 6) is 0.157. The number of carbonyl (C=O) groups excluding carboxylic acids is 1. The third kappa shape index (κ3) is 3.06. The van der Waals surface area contributed by atoms with E-state index >= 15 is 0 Å². The van der Waals surface area contributed by atoms with Gasteiger partial charge in [0.15, 0.2) is 0 Å². The zero-order chi connectivity index (χ0) is 13.1. The summed E-state index contributed by atoms with van der Waals surface area (Å²) < 4.78 is 1.73. The van der Waals surface area contributed by atoms with Crippen LogP contribution in [-0.2, 0) is 6.54 Å². The maximum Gasteiger partial charge on any atom is 0.254 e. The van der Waals surface area contributed by atoms with E-state index < -0.39 is 0 Å². The van der Waals surface area contributed by atoms with Gasteiger partial charge in [0.25, 0.3) is 5.91 Å². The van der Waals surface area contributed by atoms with Crippen LogP contribution in [0.5, 0.6) is 0 Å². The van der Waals surface area contributed by atoms with Gasteiger partial charge >= 0.3 is 0 Å². The Morgan fingerprint density at radius 3 is 2.71 bits per heavy atom. The van der Waals surface area contributed by atoms with Gasteiger partial charge in [-0.1, -0.05) is 13.8 Å². The van der Waals surface area contributed by atoms with E-state index in [4.69, 9.17) is 5.73 Å². The quantitative estimate of drug-likeness (QED) is 0.804. The number of aryl methyl sites for hydroxylation is 1. The molecule has 5 heteroatoms. The number of nitrogens with one attached hydrogen (secondary N) is 1. The monoisotopic (exact) mass is 238 g/mol. The van der Waals surface area contributed by atoms with Crippen molar-refractivity contribution in [2.24, 2.45) is 11.7 Å². The van der Waals surface area contributed by atoms with Gasteiger partial charge in [0.2, 0.25) is 0 Å². The minimum absolute atomic E-state index is 0.119. The van der Waals surface area contributed by atoms with Crippen molar-refractivity contribution in [3.63, 3.8) is 0 Å². The number of amides is 1. The average molecular weight is 238 g/mol. The normalized spacial score (nSPS) is 14.7. The minimum Gasteiger partial charge on any atom is -0.345 e. The molecule has 1 heterocycles. The Kier molecular flexibility index (Phi) is 4.28. The van der Waals surface area contributed by atoms with E-state index in [2.05, 4.69) is 10.4 Å². The zero-order valence-electron chi connectivity index (χ0n) is 11.0. The third-order valence-corrected chi connectivity index (χ3v) is 3.32. The van der Waals surface area contributed by atoms with Crippen molar-refractivity contribution < 1.29 is 4.79 Å². The summed E-state index contributed by atoms with van der Waals surface area (Å²) in [5, 5.41) is 7.06. The number of carbonyl (C=O) groups is 1. The van der Waals surface area contributed by atoms with Gasteiger partial charge in [-0.2, -0.15) is 5.10 Å². The smallest absolute Gasteiger partial charge is 0.254 e. The maximum atomic E-state index is 12.0. The fourth-order valence-corrected chi connectivity index (χ4v) is 1.42. The Bertz CT molecular complexity index is 386. The van der Waals surface area contributed by atoms with Gasteiger partial charge in [-0.3, -0.25) is 9.48 Å². The first-order chi connectivity index (χ1) is 7.92. The molecule has 96 valence electrons. The standard InChI is InChI=1S/C12H22N4O/c1-5-16-7-10(6-14-16)11(17)15-12(4,8-13)9(2)3/h6-7,9H,5,8,13H2,1-4H3,(H,15,17). The average Bonchev–Trinajstić information content (AvgIpc) is 2.77. The Balaban J connectivity index is 2.77. The maximum absolute atomic E-state index is 12.0. The highest BCUT2D eigenvalue weighted by Crippen LogP contribution is 2.15. The van der Waals surface area contributed by atoms with E-state index in [9.17, 15) is 4.79 Å². The van der Waals surface area contributed by atoms with E-state index in [-0.39, 0.29) is 17.4 Å². The van der Waals surface area contributed by atoms with Crippen LogP contribution in [0, 0.1) is 5.92 Å². The summed E-state index contributed by atoms with van der Waals surface area (Å²) in [4.78, 5) is 12.0. The van der Waals surface area contributed by atoms with E-state index in [1.54, 1.807) is 17.1 Å². The fraction of sp³-hybridized carbons (Fsp3) is 0.667. The molecular weight excluding hydrogens is 216 g/mol. The molecule has 1 atom stereocenters. The molecule has 0 saturated heterocycles. The molecule has 1 rings (SSSR count). The van der Waals surface area contributed by atoms with Crippen molar-refractivity contribution in [2.45, 2.75) is 39.8 Å². The first kappa shape index (κ1) is 13.7. The van der Waals surface area contributed by atoms with Crippen molar-refractivity contribution in [3.05, 3.63) is 18.0 Å². The predicted octanol–water partition coefficient (Wildman–Crippen LogP) is 1.01. The fourth-order valence-electron chi connectivity index (χ4n) is 1.42. The van der Waals surface area contributed by atoms with Crippen molar-refractivity contribution in [1.82, 2.24) is 15.1 Å². The molecule has 1 unspecified atom stereocenters. The lowest BCUT2D eigenvalue weighted by molar-refractivity contribution is 0.0883. The van der Waals surface area contributed by atoms with Gasteiger partial charge in [-0.05, 0) is 19.8 Å². The Morgan fingerprint density at radius 1 is 1.65 bits per heavy atom. The molecule has 0 bridgehead atoms. The molecule has 0 radical (unpaired) electrons. The van der Waals surface area contributed by atoms with Crippen LogP contribution in [0.4, 0.5) is 0 Å². The van der Waals surface area contributed by atoms with Crippen molar-refractivity contribution in [3.8, 4) is 0 Å². The summed E-state index contributed by atoms with van der Waals surface area (Å²) in [7, 11) is 0. The number of nitrogens with two attached hydrogens (primary N) is 1. The first-order valence-corrected chi connectivity index (χ1v) is 5.98. The third-order valence-electron chi connectivity index (χ3n) is 3.32. The Labute approximate surface area is 102 Å². The summed E-state index contributed by atoms with van der Waals surface area (Å²) in [6, 6.07) is 0. The molecule has 1 aromatic rings. The summed E-state index contributed by atoms with van der Waals surface area (Å²) in [6.45, 7) is 9.20. The van der Waals surface area contributed by atoms with Gasteiger partial charge in [0.1, 0.15) is 0 Å². The van der Waals surface area contributed by atoms with Gasteiger partial charge < -0.3 is 11.1 Å². The number of hydrogen-bond donors (Lipinski definition) is 2. The first-order valence-electron chi connectivity index (χ1n) is 5.98. The number of hydrogen-bond acceptors (Lipinski definition) is 3. The predicted molar refractivity (Wildman–Crippen MR) is 67.7 cm³/mol. The highest BCUT2D eigenvalue weighted by Gasteiger charge is 2.29. The van der Waals surface area contributed by atoms with Gasteiger partial charge in [-0.25, -0.2) is 0 Å². The van der Waals surface area contributed by atoms with E-state index in [0.29, 0.717) is 12.1 Å². The molecule has 0 saturated carbocycles. The van der Waals surface area contributed by atoms with Gasteiger partial charge in [0, 0.05) is 19.3 Å². The molecule has 0 aliphatic carbocycles. The highest BCUT2D eigenvalue weighted by atomic mass is 16.1. The summed E-state index contributed by atoms with van der Waals surface area (Å²) in [6.07, 6.45) is 3.32. The molecular formula is C12H22N4O. The second kappa shape index (κ2) is 5.31. The molecule has 5 nitrogen and oxygen atoms in total. The lowest BCUT2D eigenvalue weighted by Gasteiger charge is -2.33. The topological polar surface area (TPSA) is 72.9 Å². The number of rotatable bonds is 5. The second-order valence-corrected chi connectivity index (χ2v) is 4.82. The summed E-state index contributed by atoms with van der Waals surface area (Å²) >= 11 is 0. The van der Waals surface area contributed by atoms with Crippen LogP contribution in [0.3, 0.4) is 0 Å². The lowest BCUT2D eigenvalue weighted by Crippen LogP contribution is -2.54. The van der Waals surface area contributed by atoms with Crippen LogP contribution in [-0.4, -0.2) is 27.8 Å². The largest absolute Gasteiger partial charge is 0.345 e. The zero-order valence-corrected chi connectivity index (χ0v) is 11.0. The molecule has 1 aromatic heterocycles. The molecule has 17 heavy (non-hydrogen) atoms. The van der Waals surface area contributed by atoms with Crippen LogP contribution in [0.2, 0.25) is 0 Å². The Morgan fingerprint density at radius 2 is 2.29 bits per heavy atom. The van der Waals surface area contributed by atoms with Gasteiger partial charge in [0.05, 0.1) is 17.3 Å². The van der Waals surface area contributed by atoms with Crippen LogP contribution in [0.1, 0.15) is 38.1 Å². The van der Waals surface area contributed by atoms with Crippen LogP contribution in [0.15, 0.2) is 12.4 Å². The van der Waals surface area contributed by atoms with E-state index in [1.165, 1.54) is 0 Å². The molecule has 3 N–H and O–H groups in total. The molecule has 0 fully saturated rings. The molecule has 1 amide bonds. The van der Waals surface area contributed by atoms with Crippen LogP contribution < -0.4 is 11.1 Å². The van der Waals surface area contributed by atoms with Gasteiger partial charge in [-0.15, -0.1) is 0 Å². The molecule has 0 aliphatic rings. The van der Waals surface area contributed by atoms with Crippen molar-refractivity contribution in [2.75, 3.05) is 6.54 Å². The summed E-state index contributed by atoms with van der Waals surface area (Å²) in [5.41, 5.74) is 5.92. The van der Waals surface area contributed by atoms with Crippen molar-refractivity contribution >= 4 is 5.91 Å². The number of nitrogens with zero attached hydrogens (tertiary/aromatic N) is 2. The van der Waals surface area contributed by atoms with Crippen LogP contribution in [0.25, 0.3) is 0 Å². The van der Waals surface area contributed by atoms with E-state index in [1.807, 2.05) is 27.7 Å². The second-order valence-electron chi connectivity index (χ2n) is 4.82. The molecule has 0 aromatic carbocycles. The van der Waals surface area contributed by atoms with Crippen LogP contribution >= 0.6 is 0 Å². The molecule has 0 spiro atoms. The Hall–Kier alpha value is -1.36. The van der Waals surface area contributed by atoms with Crippen molar-refractivity contribution in [1.29, 1.82) is 0 Å². The molecule has 0 aliphatic heterocycles. The highest BCUT2D eigenvalue weighted by molar-refractivity contribution is 5.94. The SMILES string of the molecule is CCn1cc(C(=O)NC(C)(CN)C(C)C)cn1.